The Morgan fingerprint density at radius 3 is 2.46 bits per heavy atom. The van der Waals surface area contributed by atoms with Gasteiger partial charge in [0.25, 0.3) is 0 Å². The summed E-state index contributed by atoms with van der Waals surface area (Å²) in [6.07, 6.45) is 2.55. The number of halogens is 1. The normalized spacial score (nSPS) is 17.0. The molecular formula is C11H14BrN. The molecule has 0 amide bonds. The molecule has 1 fully saturated rings. The number of aryl methyl sites for hydroxylation is 1. The molecule has 0 aliphatic carbocycles. The molecule has 2 heteroatoms. The van der Waals surface area contributed by atoms with Crippen molar-refractivity contribution < 1.29 is 0 Å². The molecule has 1 nitrogen and oxygen atoms in total. The van der Waals surface area contributed by atoms with Crippen molar-refractivity contribution in [2.24, 2.45) is 5.92 Å². The second kappa shape index (κ2) is 4.25. The number of nitrogens with one attached hydrogen (secondary N) is 1. The fraction of sp³-hybridized carbons (Fsp3) is 0.455. The third kappa shape index (κ3) is 2.55. The minimum atomic E-state index is 0.920. The maximum absolute atomic E-state index is 3.44. The second-order valence-corrected chi connectivity index (χ2v) is 4.61. The Bertz CT molecular complexity index is 264. The fourth-order valence-electron chi connectivity index (χ4n) is 1.57. The quantitative estimate of drug-likeness (QED) is 0.856. The van der Waals surface area contributed by atoms with Crippen LogP contribution in [0.3, 0.4) is 0 Å². The van der Waals surface area contributed by atoms with Crippen LogP contribution in [0.4, 0.5) is 0 Å². The molecule has 70 valence electrons. The Kier molecular flexibility index (Phi) is 3.01. The van der Waals surface area contributed by atoms with Crippen molar-refractivity contribution in [3.05, 3.63) is 34.3 Å². The van der Waals surface area contributed by atoms with Gasteiger partial charge in [0.1, 0.15) is 0 Å². The van der Waals surface area contributed by atoms with Crippen molar-refractivity contribution in [3.8, 4) is 0 Å². The van der Waals surface area contributed by atoms with Gasteiger partial charge in [-0.05, 0) is 49.5 Å². The monoisotopic (exact) mass is 239 g/mol. The van der Waals surface area contributed by atoms with Crippen molar-refractivity contribution in [1.82, 2.24) is 5.32 Å². The smallest absolute Gasteiger partial charge is 0.0175 e. The van der Waals surface area contributed by atoms with Gasteiger partial charge in [-0.15, -0.1) is 0 Å². The van der Waals surface area contributed by atoms with Crippen LogP contribution >= 0.6 is 15.9 Å². The van der Waals surface area contributed by atoms with Crippen LogP contribution in [0.1, 0.15) is 12.0 Å². The summed E-state index contributed by atoms with van der Waals surface area (Å²) in [5.74, 6) is 0.920. The third-order valence-corrected chi connectivity index (χ3v) is 3.15. The van der Waals surface area contributed by atoms with E-state index in [1.165, 1.54) is 36.0 Å². The van der Waals surface area contributed by atoms with E-state index in [2.05, 4.69) is 45.5 Å². The maximum Gasteiger partial charge on any atom is 0.0175 e. The van der Waals surface area contributed by atoms with Crippen LogP contribution in [0, 0.1) is 5.92 Å². The summed E-state index contributed by atoms with van der Waals surface area (Å²) < 4.78 is 1.17. The molecular weight excluding hydrogens is 226 g/mol. The highest BCUT2D eigenvalue weighted by molar-refractivity contribution is 9.10. The van der Waals surface area contributed by atoms with Crippen LogP contribution in [0.5, 0.6) is 0 Å². The Balaban J connectivity index is 1.83. The zero-order chi connectivity index (χ0) is 9.10. The molecule has 2 rings (SSSR count). The van der Waals surface area contributed by atoms with Gasteiger partial charge in [-0.1, -0.05) is 28.1 Å². The Morgan fingerprint density at radius 1 is 1.23 bits per heavy atom. The summed E-state index contributed by atoms with van der Waals surface area (Å²) in [6, 6.07) is 8.65. The van der Waals surface area contributed by atoms with Crippen molar-refractivity contribution in [1.29, 1.82) is 0 Å². The van der Waals surface area contributed by atoms with Gasteiger partial charge in [-0.25, -0.2) is 0 Å². The van der Waals surface area contributed by atoms with Crippen LogP contribution in [0.15, 0.2) is 28.7 Å². The molecule has 1 heterocycles. The van der Waals surface area contributed by atoms with Gasteiger partial charge in [0, 0.05) is 4.47 Å². The number of hydrogen-bond donors (Lipinski definition) is 1. The summed E-state index contributed by atoms with van der Waals surface area (Å²) in [6.45, 7) is 2.44. The molecule has 1 aromatic carbocycles. The van der Waals surface area contributed by atoms with Crippen LogP contribution in [0.25, 0.3) is 0 Å². The highest BCUT2D eigenvalue weighted by Crippen LogP contribution is 2.15. The standard InChI is InChI=1S/C11H14BrN/c12-11-5-3-9(4-6-11)1-2-10-7-13-8-10/h3-6,10,13H,1-2,7-8H2. The number of hydrogen-bond acceptors (Lipinski definition) is 1. The Labute approximate surface area is 87.7 Å². The van der Waals surface area contributed by atoms with E-state index in [0.29, 0.717) is 0 Å². The first-order valence-electron chi connectivity index (χ1n) is 4.80. The van der Waals surface area contributed by atoms with E-state index in [0.717, 1.165) is 5.92 Å². The van der Waals surface area contributed by atoms with Crippen molar-refractivity contribution in [2.75, 3.05) is 13.1 Å². The van der Waals surface area contributed by atoms with E-state index in [1.807, 2.05) is 0 Å². The first-order valence-corrected chi connectivity index (χ1v) is 5.59. The molecule has 1 aliphatic heterocycles. The SMILES string of the molecule is Brc1ccc(CCC2CNC2)cc1. The van der Waals surface area contributed by atoms with Crippen LogP contribution in [-0.2, 0) is 6.42 Å². The van der Waals surface area contributed by atoms with E-state index in [4.69, 9.17) is 0 Å². The van der Waals surface area contributed by atoms with Gasteiger partial charge < -0.3 is 5.32 Å². The lowest BCUT2D eigenvalue weighted by Crippen LogP contribution is -2.42. The molecule has 1 aliphatic rings. The average molecular weight is 240 g/mol. The molecule has 0 bridgehead atoms. The topological polar surface area (TPSA) is 12.0 Å². The van der Waals surface area contributed by atoms with Crippen LogP contribution < -0.4 is 5.32 Å². The molecule has 1 N–H and O–H groups in total. The second-order valence-electron chi connectivity index (χ2n) is 3.69. The maximum atomic E-state index is 3.44. The molecule has 0 unspecified atom stereocenters. The van der Waals surface area contributed by atoms with Gasteiger partial charge in [0.05, 0.1) is 0 Å². The lowest BCUT2D eigenvalue weighted by Gasteiger charge is -2.26. The van der Waals surface area contributed by atoms with E-state index in [1.54, 1.807) is 0 Å². The minimum absolute atomic E-state index is 0.920. The zero-order valence-electron chi connectivity index (χ0n) is 7.59. The van der Waals surface area contributed by atoms with Crippen molar-refractivity contribution in [3.63, 3.8) is 0 Å². The van der Waals surface area contributed by atoms with Gasteiger partial charge >= 0.3 is 0 Å². The fourth-order valence-corrected chi connectivity index (χ4v) is 1.84. The molecule has 13 heavy (non-hydrogen) atoms. The summed E-state index contributed by atoms with van der Waals surface area (Å²) in [5.41, 5.74) is 1.45. The van der Waals surface area contributed by atoms with E-state index >= 15 is 0 Å². The molecule has 1 aromatic rings. The molecule has 0 spiro atoms. The largest absolute Gasteiger partial charge is 0.316 e. The van der Waals surface area contributed by atoms with Crippen molar-refractivity contribution >= 4 is 15.9 Å². The molecule has 1 saturated heterocycles. The average Bonchev–Trinajstić information content (AvgIpc) is 2.05. The lowest BCUT2D eigenvalue weighted by atomic mass is 9.95. The summed E-state index contributed by atoms with van der Waals surface area (Å²) in [4.78, 5) is 0. The summed E-state index contributed by atoms with van der Waals surface area (Å²) >= 11 is 3.44. The van der Waals surface area contributed by atoms with Crippen LogP contribution in [0.2, 0.25) is 0 Å². The lowest BCUT2D eigenvalue weighted by molar-refractivity contribution is 0.328. The predicted octanol–water partition coefficient (Wildman–Crippen LogP) is 2.60. The first kappa shape index (κ1) is 9.22. The van der Waals surface area contributed by atoms with Crippen molar-refractivity contribution in [2.45, 2.75) is 12.8 Å². The van der Waals surface area contributed by atoms with E-state index in [9.17, 15) is 0 Å². The Hall–Kier alpha value is -0.340. The molecule has 0 aromatic heterocycles. The summed E-state index contributed by atoms with van der Waals surface area (Å²) in [7, 11) is 0. The number of rotatable bonds is 3. The van der Waals surface area contributed by atoms with E-state index in [-0.39, 0.29) is 0 Å². The van der Waals surface area contributed by atoms with Crippen LogP contribution in [-0.4, -0.2) is 13.1 Å². The first-order chi connectivity index (χ1) is 6.34. The summed E-state index contributed by atoms with van der Waals surface area (Å²) in [5, 5.41) is 3.30. The zero-order valence-corrected chi connectivity index (χ0v) is 9.18. The van der Waals surface area contributed by atoms with Gasteiger partial charge in [0.2, 0.25) is 0 Å². The number of benzene rings is 1. The van der Waals surface area contributed by atoms with Gasteiger partial charge in [0.15, 0.2) is 0 Å². The van der Waals surface area contributed by atoms with Gasteiger partial charge in [-0.2, -0.15) is 0 Å². The molecule has 0 saturated carbocycles. The third-order valence-electron chi connectivity index (χ3n) is 2.62. The van der Waals surface area contributed by atoms with Gasteiger partial charge in [-0.3, -0.25) is 0 Å². The minimum Gasteiger partial charge on any atom is -0.316 e. The Morgan fingerprint density at radius 2 is 1.92 bits per heavy atom. The molecule has 0 radical (unpaired) electrons. The predicted molar refractivity (Wildman–Crippen MR) is 58.8 cm³/mol. The highest BCUT2D eigenvalue weighted by atomic mass is 79.9. The highest BCUT2D eigenvalue weighted by Gasteiger charge is 2.15. The molecule has 0 atom stereocenters. The van der Waals surface area contributed by atoms with E-state index < -0.39 is 0 Å².